The summed E-state index contributed by atoms with van der Waals surface area (Å²) in [6, 6.07) is 8.60. The fraction of sp³-hybridized carbons (Fsp3) is 0.650. The van der Waals surface area contributed by atoms with Gasteiger partial charge in [0.2, 0.25) is 5.91 Å². The first-order valence-corrected chi connectivity index (χ1v) is 9.65. The van der Waals surface area contributed by atoms with Gasteiger partial charge < -0.3 is 15.4 Å². The first-order chi connectivity index (χ1) is 12.3. The lowest BCUT2D eigenvalue weighted by molar-refractivity contribution is -0.121. The number of ether oxygens (including phenoxy) is 1. The van der Waals surface area contributed by atoms with Gasteiger partial charge in [0.05, 0.1) is 13.2 Å². The zero-order chi connectivity index (χ0) is 17.3. The van der Waals surface area contributed by atoms with Crippen LogP contribution in [0.4, 0.5) is 0 Å². The Kier molecular flexibility index (Phi) is 7.27. The molecule has 2 fully saturated rings. The summed E-state index contributed by atoms with van der Waals surface area (Å²) in [7, 11) is 0. The monoisotopic (exact) mass is 345 g/mol. The molecule has 2 N–H and O–H groups in total. The number of hydrogen-bond donors (Lipinski definition) is 2. The minimum atomic E-state index is 0.177. The molecule has 2 aliphatic rings. The molecule has 2 heterocycles. The summed E-state index contributed by atoms with van der Waals surface area (Å²) >= 11 is 0. The van der Waals surface area contributed by atoms with Gasteiger partial charge in [0.15, 0.2) is 0 Å². The lowest BCUT2D eigenvalue weighted by Gasteiger charge is -2.26. The molecule has 0 radical (unpaired) electrons. The van der Waals surface area contributed by atoms with Gasteiger partial charge in [-0.15, -0.1) is 0 Å². The third-order valence-electron chi connectivity index (χ3n) is 5.26. The smallest absolute Gasteiger partial charge is 0.220 e. The summed E-state index contributed by atoms with van der Waals surface area (Å²) in [5.41, 5.74) is 2.49. The zero-order valence-electron chi connectivity index (χ0n) is 15.1. The Bertz CT molecular complexity index is 520. The number of amides is 1. The Balaban J connectivity index is 1.35. The first kappa shape index (κ1) is 18.4. The number of carbonyl (C=O) groups excluding carboxylic acids is 1. The van der Waals surface area contributed by atoms with E-state index >= 15 is 0 Å². The number of nitrogens with one attached hydrogen (secondary N) is 2. The summed E-state index contributed by atoms with van der Waals surface area (Å²) < 4.78 is 5.38. The molecule has 0 unspecified atom stereocenters. The van der Waals surface area contributed by atoms with Crippen LogP contribution in [-0.4, -0.2) is 50.2 Å². The van der Waals surface area contributed by atoms with Gasteiger partial charge in [-0.25, -0.2) is 0 Å². The van der Waals surface area contributed by atoms with Crippen molar-refractivity contribution < 1.29 is 9.53 Å². The molecule has 0 aliphatic carbocycles. The molecule has 0 atom stereocenters. The highest BCUT2D eigenvalue weighted by Crippen LogP contribution is 2.17. The number of carbonyl (C=O) groups is 1. The predicted molar refractivity (Wildman–Crippen MR) is 99.2 cm³/mol. The maximum Gasteiger partial charge on any atom is 0.220 e. The molecule has 5 heteroatoms. The Morgan fingerprint density at radius 3 is 2.52 bits per heavy atom. The molecule has 0 spiro atoms. The van der Waals surface area contributed by atoms with Crippen molar-refractivity contribution in [2.24, 2.45) is 5.92 Å². The Labute approximate surface area is 151 Å². The minimum Gasteiger partial charge on any atom is -0.379 e. The van der Waals surface area contributed by atoms with Crippen molar-refractivity contribution in [1.29, 1.82) is 0 Å². The molecule has 138 valence electrons. The highest BCUT2D eigenvalue weighted by Gasteiger charge is 2.14. The highest BCUT2D eigenvalue weighted by molar-refractivity contribution is 5.75. The molecule has 0 bridgehead atoms. The highest BCUT2D eigenvalue weighted by atomic mass is 16.5. The molecule has 5 nitrogen and oxygen atoms in total. The van der Waals surface area contributed by atoms with Crippen LogP contribution in [-0.2, 0) is 22.6 Å². The van der Waals surface area contributed by atoms with E-state index in [9.17, 15) is 4.79 Å². The third-order valence-corrected chi connectivity index (χ3v) is 5.26. The average Bonchev–Trinajstić information content (AvgIpc) is 2.67. The average molecular weight is 345 g/mol. The van der Waals surface area contributed by atoms with Gasteiger partial charge in [-0.1, -0.05) is 24.3 Å². The van der Waals surface area contributed by atoms with E-state index in [1.54, 1.807) is 0 Å². The largest absolute Gasteiger partial charge is 0.379 e. The summed E-state index contributed by atoms with van der Waals surface area (Å²) in [6.07, 6.45) is 4.08. The quantitative estimate of drug-likeness (QED) is 0.793. The summed E-state index contributed by atoms with van der Waals surface area (Å²) in [5.74, 6) is 0.891. The van der Waals surface area contributed by atoms with Gasteiger partial charge in [-0.05, 0) is 49.4 Å². The number of benzene rings is 1. The van der Waals surface area contributed by atoms with Crippen LogP contribution in [0.5, 0.6) is 0 Å². The number of piperidine rings is 1. The van der Waals surface area contributed by atoms with Crippen LogP contribution in [0.3, 0.4) is 0 Å². The maximum atomic E-state index is 12.0. The first-order valence-electron chi connectivity index (χ1n) is 9.65. The second-order valence-electron chi connectivity index (χ2n) is 7.21. The molecule has 2 saturated heterocycles. The second kappa shape index (κ2) is 9.90. The van der Waals surface area contributed by atoms with Crippen molar-refractivity contribution in [2.75, 3.05) is 39.4 Å². The van der Waals surface area contributed by atoms with Crippen molar-refractivity contribution >= 4 is 5.91 Å². The lowest BCUT2D eigenvalue weighted by atomic mass is 9.93. The molecule has 3 rings (SSSR count). The molecule has 2 aliphatic heterocycles. The van der Waals surface area contributed by atoms with Gasteiger partial charge in [0.1, 0.15) is 0 Å². The van der Waals surface area contributed by atoms with Crippen LogP contribution in [0.15, 0.2) is 24.3 Å². The zero-order valence-corrected chi connectivity index (χ0v) is 15.1. The van der Waals surface area contributed by atoms with Gasteiger partial charge in [0.25, 0.3) is 0 Å². The Morgan fingerprint density at radius 2 is 1.80 bits per heavy atom. The number of nitrogens with zero attached hydrogens (tertiary/aromatic N) is 1. The van der Waals surface area contributed by atoms with Gasteiger partial charge >= 0.3 is 0 Å². The third kappa shape index (κ3) is 6.42. The predicted octanol–water partition coefficient (Wildman–Crippen LogP) is 1.91. The van der Waals surface area contributed by atoms with E-state index in [4.69, 9.17) is 4.74 Å². The topological polar surface area (TPSA) is 53.6 Å². The fourth-order valence-corrected chi connectivity index (χ4v) is 3.57. The van der Waals surface area contributed by atoms with Crippen LogP contribution in [0, 0.1) is 5.92 Å². The summed E-state index contributed by atoms with van der Waals surface area (Å²) in [5, 5.41) is 6.43. The van der Waals surface area contributed by atoms with E-state index in [-0.39, 0.29) is 5.91 Å². The van der Waals surface area contributed by atoms with Crippen LogP contribution in [0.1, 0.15) is 36.8 Å². The summed E-state index contributed by atoms with van der Waals surface area (Å²) in [4.78, 5) is 14.5. The van der Waals surface area contributed by atoms with E-state index in [0.29, 0.717) is 18.9 Å². The van der Waals surface area contributed by atoms with Gasteiger partial charge in [-0.2, -0.15) is 0 Å². The molecular weight excluding hydrogens is 314 g/mol. The summed E-state index contributed by atoms with van der Waals surface area (Å²) in [6.45, 7) is 7.49. The molecule has 1 aromatic rings. The van der Waals surface area contributed by atoms with Crippen molar-refractivity contribution in [2.45, 2.75) is 38.8 Å². The molecule has 25 heavy (non-hydrogen) atoms. The SMILES string of the molecule is O=C(CCC1CCNCC1)NCc1ccc(CN2CCOCC2)cc1. The van der Waals surface area contributed by atoms with E-state index in [1.165, 1.54) is 24.0 Å². The lowest BCUT2D eigenvalue weighted by Crippen LogP contribution is -2.35. The molecule has 1 aromatic carbocycles. The number of rotatable bonds is 7. The van der Waals surface area contributed by atoms with E-state index < -0.39 is 0 Å². The Hall–Kier alpha value is -1.43. The van der Waals surface area contributed by atoms with Crippen LogP contribution < -0.4 is 10.6 Å². The Morgan fingerprint density at radius 1 is 1.12 bits per heavy atom. The van der Waals surface area contributed by atoms with E-state index in [2.05, 4.69) is 39.8 Å². The standard InChI is InChI=1S/C20H31N3O2/c24-20(6-5-17-7-9-21-10-8-17)22-15-18-1-3-19(4-2-18)16-23-11-13-25-14-12-23/h1-4,17,21H,5-16H2,(H,22,24). The van der Waals surface area contributed by atoms with Crippen molar-refractivity contribution in [3.8, 4) is 0 Å². The molecular formula is C20H31N3O2. The maximum absolute atomic E-state index is 12.0. The van der Waals surface area contributed by atoms with E-state index in [0.717, 1.165) is 52.4 Å². The number of morpholine rings is 1. The van der Waals surface area contributed by atoms with Crippen molar-refractivity contribution in [3.63, 3.8) is 0 Å². The van der Waals surface area contributed by atoms with Crippen LogP contribution >= 0.6 is 0 Å². The normalized spacial score (nSPS) is 19.7. The van der Waals surface area contributed by atoms with Gasteiger partial charge in [-0.3, -0.25) is 9.69 Å². The fourth-order valence-electron chi connectivity index (χ4n) is 3.57. The number of hydrogen-bond acceptors (Lipinski definition) is 4. The second-order valence-corrected chi connectivity index (χ2v) is 7.21. The van der Waals surface area contributed by atoms with Crippen molar-refractivity contribution in [1.82, 2.24) is 15.5 Å². The molecule has 0 aromatic heterocycles. The van der Waals surface area contributed by atoms with Crippen LogP contribution in [0.2, 0.25) is 0 Å². The molecule has 0 saturated carbocycles. The van der Waals surface area contributed by atoms with Crippen molar-refractivity contribution in [3.05, 3.63) is 35.4 Å². The minimum absolute atomic E-state index is 0.177. The van der Waals surface area contributed by atoms with Crippen LogP contribution in [0.25, 0.3) is 0 Å². The molecule has 1 amide bonds. The van der Waals surface area contributed by atoms with E-state index in [1.807, 2.05) is 0 Å². The van der Waals surface area contributed by atoms with Gasteiger partial charge in [0, 0.05) is 32.6 Å².